The molecule has 4 atom stereocenters. The molecule has 0 bridgehead atoms. The fourth-order valence-electron chi connectivity index (χ4n) is 5.40. The highest BCUT2D eigenvalue weighted by Gasteiger charge is 2.49. The maximum absolute atomic E-state index is 13.9. The summed E-state index contributed by atoms with van der Waals surface area (Å²) < 4.78 is 35.9. The number of fused-ring (bicyclic) bond motifs is 1. The maximum Gasteiger partial charge on any atom is 0.243 e. The molecule has 0 amide bonds. The molecule has 3 aromatic carbocycles. The molecule has 0 N–H and O–H groups in total. The minimum Gasteiger partial charge on any atom is -0.373 e. The largest absolute Gasteiger partial charge is 0.373 e. The molecule has 2 aliphatic rings. The zero-order valence-corrected chi connectivity index (χ0v) is 19.1. The Morgan fingerprint density at radius 2 is 1.44 bits per heavy atom. The highest BCUT2D eigenvalue weighted by molar-refractivity contribution is 7.89. The fourth-order valence-corrected chi connectivity index (χ4v) is 7.05. The van der Waals surface area contributed by atoms with E-state index in [1.54, 1.807) is 16.4 Å². The Morgan fingerprint density at radius 3 is 2.09 bits per heavy atom. The number of sulfonamides is 1. The highest BCUT2D eigenvalue weighted by Crippen LogP contribution is 2.52. The number of hydrogen-bond acceptors (Lipinski definition) is 3. The summed E-state index contributed by atoms with van der Waals surface area (Å²) in [6.07, 6.45) is 1.69. The quantitative estimate of drug-likeness (QED) is 0.529. The van der Waals surface area contributed by atoms with Crippen LogP contribution in [0.2, 0.25) is 0 Å². The van der Waals surface area contributed by atoms with Gasteiger partial charge in [-0.3, -0.25) is 0 Å². The minimum absolute atomic E-state index is 0.0579. The van der Waals surface area contributed by atoms with Crippen LogP contribution in [0.25, 0.3) is 0 Å². The van der Waals surface area contributed by atoms with Gasteiger partial charge in [0, 0.05) is 19.1 Å². The molecule has 166 valence electrons. The van der Waals surface area contributed by atoms with Crippen molar-refractivity contribution < 1.29 is 13.2 Å². The Kier molecular flexibility index (Phi) is 5.89. The van der Waals surface area contributed by atoms with E-state index in [-0.39, 0.29) is 18.1 Å². The second-order valence-electron chi connectivity index (χ2n) is 8.90. The van der Waals surface area contributed by atoms with E-state index in [0.717, 1.165) is 29.5 Å². The van der Waals surface area contributed by atoms with E-state index in [4.69, 9.17) is 4.74 Å². The van der Waals surface area contributed by atoms with Crippen LogP contribution in [0.5, 0.6) is 0 Å². The van der Waals surface area contributed by atoms with Crippen LogP contribution in [0.15, 0.2) is 89.8 Å². The van der Waals surface area contributed by atoms with Gasteiger partial charge >= 0.3 is 0 Å². The summed E-state index contributed by atoms with van der Waals surface area (Å²) in [5.41, 5.74) is 3.20. The van der Waals surface area contributed by atoms with Crippen molar-refractivity contribution in [2.45, 2.75) is 36.8 Å². The third-order valence-electron chi connectivity index (χ3n) is 6.97. The Balaban J connectivity index is 1.62. The predicted octanol–water partition coefficient (Wildman–Crippen LogP) is 5.52. The van der Waals surface area contributed by atoms with Crippen molar-refractivity contribution in [3.8, 4) is 0 Å². The molecule has 32 heavy (non-hydrogen) atoms. The lowest BCUT2D eigenvalue weighted by Crippen LogP contribution is -2.50. The summed E-state index contributed by atoms with van der Waals surface area (Å²) in [4.78, 5) is 0.357. The Morgan fingerprint density at radius 1 is 0.812 bits per heavy atom. The van der Waals surface area contributed by atoms with E-state index in [2.05, 4.69) is 24.3 Å². The molecule has 2 saturated heterocycles. The van der Waals surface area contributed by atoms with Gasteiger partial charge in [0.2, 0.25) is 10.0 Å². The molecule has 0 saturated carbocycles. The normalized spacial score (nSPS) is 26.4. The van der Waals surface area contributed by atoms with Gasteiger partial charge in [-0.05, 0) is 48.9 Å². The second kappa shape index (κ2) is 8.81. The smallest absolute Gasteiger partial charge is 0.243 e. The zero-order chi connectivity index (χ0) is 22.1. The van der Waals surface area contributed by atoms with Crippen LogP contribution in [-0.2, 0) is 14.8 Å². The van der Waals surface area contributed by atoms with E-state index < -0.39 is 10.0 Å². The molecule has 2 heterocycles. The average molecular weight is 448 g/mol. The summed E-state index contributed by atoms with van der Waals surface area (Å²) >= 11 is 0. The molecular formula is C27H29NO3S. The van der Waals surface area contributed by atoms with Gasteiger partial charge in [-0.1, -0.05) is 78.4 Å². The maximum atomic E-state index is 13.9. The van der Waals surface area contributed by atoms with Gasteiger partial charge in [-0.15, -0.1) is 0 Å². The van der Waals surface area contributed by atoms with Gasteiger partial charge in [0.15, 0.2) is 0 Å². The number of nitrogens with zero attached hydrogens (tertiary/aromatic N) is 1. The van der Waals surface area contributed by atoms with E-state index in [0.29, 0.717) is 24.0 Å². The molecule has 5 rings (SSSR count). The first-order valence-corrected chi connectivity index (χ1v) is 12.8. The molecule has 0 radical (unpaired) electrons. The number of hydrogen-bond donors (Lipinski definition) is 0. The minimum atomic E-state index is -3.65. The van der Waals surface area contributed by atoms with E-state index in [1.165, 1.54) is 0 Å². The summed E-state index contributed by atoms with van der Waals surface area (Å²) in [7, 11) is -3.65. The highest BCUT2D eigenvalue weighted by atomic mass is 32.2. The molecule has 0 unspecified atom stereocenters. The lowest BCUT2D eigenvalue weighted by molar-refractivity contribution is -0.100. The van der Waals surface area contributed by atoms with Crippen molar-refractivity contribution in [2.24, 2.45) is 11.8 Å². The van der Waals surface area contributed by atoms with Gasteiger partial charge in [-0.25, -0.2) is 8.42 Å². The van der Waals surface area contributed by atoms with Crippen LogP contribution >= 0.6 is 0 Å². The van der Waals surface area contributed by atoms with E-state index in [1.807, 2.05) is 55.5 Å². The molecule has 2 aliphatic heterocycles. The molecular weight excluding hydrogens is 418 g/mol. The molecule has 2 fully saturated rings. The predicted molar refractivity (Wildman–Crippen MR) is 126 cm³/mol. The van der Waals surface area contributed by atoms with Crippen LogP contribution in [0.3, 0.4) is 0 Å². The molecule has 3 aromatic rings. The van der Waals surface area contributed by atoms with Gasteiger partial charge in [-0.2, -0.15) is 4.31 Å². The topological polar surface area (TPSA) is 46.6 Å². The lowest BCUT2D eigenvalue weighted by Gasteiger charge is -2.50. The summed E-state index contributed by atoms with van der Waals surface area (Å²) in [6, 6.07) is 27.3. The number of aryl methyl sites for hydroxylation is 1. The summed E-state index contributed by atoms with van der Waals surface area (Å²) in [5, 5.41) is 0. The van der Waals surface area contributed by atoms with Crippen molar-refractivity contribution in [1.29, 1.82) is 0 Å². The third-order valence-corrected chi connectivity index (χ3v) is 8.87. The van der Waals surface area contributed by atoms with Crippen molar-refractivity contribution in [1.82, 2.24) is 4.31 Å². The van der Waals surface area contributed by atoms with Crippen LogP contribution < -0.4 is 0 Å². The first-order chi connectivity index (χ1) is 15.6. The fraction of sp³-hybridized carbons (Fsp3) is 0.333. The Labute approximate surface area is 190 Å². The molecule has 4 nitrogen and oxygen atoms in total. The van der Waals surface area contributed by atoms with Crippen LogP contribution in [0, 0.1) is 18.8 Å². The number of piperidine rings is 1. The van der Waals surface area contributed by atoms with Crippen molar-refractivity contribution >= 4 is 10.0 Å². The zero-order valence-electron chi connectivity index (χ0n) is 18.3. The van der Waals surface area contributed by atoms with Crippen LogP contribution in [0.1, 0.15) is 41.7 Å². The van der Waals surface area contributed by atoms with Crippen molar-refractivity contribution in [2.75, 3.05) is 13.2 Å². The van der Waals surface area contributed by atoms with Crippen molar-refractivity contribution in [3.05, 3.63) is 102 Å². The summed E-state index contributed by atoms with van der Waals surface area (Å²) in [6.45, 7) is 3.21. The molecule has 0 spiro atoms. The Hall–Kier alpha value is -2.47. The van der Waals surface area contributed by atoms with Gasteiger partial charge in [0.05, 0.1) is 17.0 Å². The van der Waals surface area contributed by atoms with E-state index >= 15 is 0 Å². The first-order valence-electron chi connectivity index (χ1n) is 11.4. The number of rotatable bonds is 4. The number of benzene rings is 3. The second-order valence-corrected chi connectivity index (χ2v) is 10.8. The third kappa shape index (κ3) is 3.90. The van der Waals surface area contributed by atoms with E-state index in [9.17, 15) is 8.42 Å². The van der Waals surface area contributed by atoms with Crippen LogP contribution in [0.4, 0.5) is 0 Å². The van der Waals surface area contributed by atoms with Gasteiger partial charge in [0.25, 0.3) is 0 Å². The van der Waals surface area contributed by atoms with Gasteiger partial charge in [0.1, 0.15) is 0 Å². The lowest BCUT2D eigenvalue weighted by atomic mass is 9.70. The molecule has 0 aliphatic carbocycles. The average Bonchev–Trinajstić information content (AvgIpc) is 2.84. The standard InChI is InChI=1S/C27H29NO3S/c1-20-12-14-24(15-13-20)32(29,30)28-18-16-21-17-19-31-27(23-10-6-3-7-11-23)25(21)26(28)22-8-4-2-5-9-22/h2-15,21,25-27H,16-19H2,1H3/t21-,25-,26+,27-/m0/s1. The monoisotopic (exact) mass is 447 g/mol. The molecule has 0 aromatic heterocycles. The Bertz CT molecular complexity index is 1150. The van der Waals surface area contributed by atoms with Gasteiger partial charge < -0.3 is 4.74 Å². The number of ether oxygens (including phenoxy) is 1. The summed E-state index contributed by atoms with van der Waals surface area (Å²) in [5.74, 6) is 0.478. The van der Waals surface area contributed by atoms with Crippen LogP contribution in [-0.4, -0.2) is 25.9 Å². The SMILES string of the molecule is Cc1ccc(S(=O)(=O)N2CC[C@H]3CCO[C@@H](c4ccccc4)[C@@H]3[C@H]2c2ccccc2)cc1. The first kappa shape index (κ1) is 21.4. The molecule has 5 heteroatoms. The van der Waals surface area contributed by atoms with Crippen molar-refractivity contribution in [3.63, 3.8) is 0 Å².